The SMILES string of the molecule is COc1cc(C(=O)NCC(C)(c2cc(C3(N)CCC3)cc(-c3ccc(F)c(Cl)c3)n2)C(F)(F)F)ccc1OC1CC1. The lowest BCUT2D eigenvalue weighted by molar-refractivity contribution is -0.184. The van der Waals surface area contributed by atoms with E-state index >= 15 is 0 Å². The van der Waals surface area contributed by atoms with Gasteiger partial charge < -0.3 is 20.5 Å². The Morgan fingerprint density at radius 1 is 1.12 bits per heavy atom. The number of ether oxygens (including phenoxy) is 2. The second-order valence-electron chi connectivity index (χ2n) is 11.0. The molecule has 2 aliphatic carbocycles. The second kappa shape index (κ2) is 10.8. The lowest BCUT2D eigenvalue weighted by atomic mass is 9.71. The van der Waals surface area contributed by atoms with Crippen LogP contribution in [0.3, 0.4) is 0 Å². The van der Waals surface area contributed by atoms with E-state index in [1.807, 2.05) is 0 Å². The van der Waals surface area contributed by atoms with E-state index in [0.717, 1.165) is 32.3 Å². The minimum atomic E-state index is -4.80. The van der Waals surface area contributed by atoms with E-state index < -0.39 is 35.4 Å². The molecule has 1 unspecified atom stereocenters. The molecule has 1 atom stereocenters. The third kappa shape index (κ3) is 5.85. The molecule has 1 amide bonds. The number of nitrogens with zero attached hydrogens (tertiary/aromatic N) is 1. The first-order valence-electron chi connectivity index (χ1n) is 13.3. The molecule has 0 aliphatic heterocycles. The molecule has 2 fully saturated rings. The second-order valence-corrected chi connectivity index (χ2v) is 11.4. The Morgan fingerprint density at radius 2 is 1.85 bits per heavy atom. The Bertz CT molecular complexity index is 1470. The quantitative estimate of drug-likeness (QED) is 0.271. The van der Waals surface area contributed by atoms with Crippen LogP contribution >= 0.6 is 11.6 Å². The molecule has 11 heteroatoms. The highest BCUT2D eigenvalue weighted by molar-refractivity contribution is 6.31. The molecule has 3 aromatic rings. The molecule has 0 saturated heterocycles. The van der Waals surface area contributed by atoms with E-state index in [1.54, 1.807) is 12.1 Å². The Morgan fingerprint density at radius 3 is 2.44 bits per heavy atom. The van der Waals surface area contributed by atoms with Crippen LogP contribution in [0.4, 0.5) is 17.6 Å². The van der Waals surface area contributed by atoms with E-state index in [4.69, 9.17) is 26.8 Å². The molecule has 6 nitrogen and oxygen atoms in total. The number of hydrogen-bond donors (Lipinski definition) is 2. The van der Waals surface area contributed by atoms with Crippen molar-refractivity contribution in [3.63, 3.8) is 0 Å². The number of nitrogens with two attached hydrogens (primary N) is 1. The molecule has 218 valence electrons. The smallest absolute Gasteiger partial charge is 0.401 e. The van der Waals surface area contributed by atoms with Crippen LogP contribution in [0, 0.1) is 5.82 Å². The van der Waals surface area contributed by atoms with Gasteiger partial charge in [-0.25, -0.2) is 4.39 Å². The number of nitrogens with one attached hydrogen (secondary N) is 1. The predicted molar refractivity (Wildman–Crippen MR) is 147 cm³/mol. The van der Waals surface area contributed by atoms with Crippen molar-refractivity contribution in [1.82, 2.24) is 10.3 Å². The van der Waals surface area contributed by atoms with Gasteiger partial charge in [0.1, 0.15) is 11.2 Å². The number of methoxy groups -OCH3 is 1. The number of hydrogen-bond acceptors (Lipinski definition) is 5. The number of carbonyl (C=O) groups is 1. The van der Waals surface area contributed by atoms with Crippen LogP contribution in [0.15, 0.2) is 48.5 Å². The molecular formula is C30H30ClF4N3O3. The zero-order valence-corrected chi connectivity index (χ0v) is 23.3. The monoisotopic (exact) mass is 591 g/mol. The van der Waals surface area contributed by atoms with Crippen molar-refractivity contribution in [3.05, 3.63) is 76.2 Å². The number of carbonyl (C=O) groups excluding carboxylic acids is 1. The Balaban J connectivity index is 1.48. The summed E-state index contributed by atoms with van der Waals surface area (Å²) in [5, 5.41) is 2.25. The molecule has 0 spiro atoms. The molecule has 5 rings (SSSR count). The Labute approximate surface area is 240 Å². The van der Waals surface area contributed by atoms with E-state index in [9.17, 15) is 22.4 Å². The molecule has 2 aliphatic rings. The number of pyridine rings is 1. The number of aromatic nitrogens is 1. The number of alkyl halides is 3. The van der Waals surface area contributed by atoms with Gasteiger partial charge in [0.15, 0.2) is 11.5 Å². The van der Waals surface area contributed by atoms with Gasteiger partial charge in [0.2, 0.25) is 0 Å². The topological polar surface area (TPSA) is 86.5 Å². The van der Waals surface area contributed by atoms with Gasteiger partial charge in [-0.2, -0.15) is 13.2 Å². The minimum absolute atomic E-state index is 0.0998. The summed E-state index contributed by atoms with van der Waals surface area (Å²) in [6.45, 7) is 0.188. The van der Waals surface area contributed by atoms with Gasteiger partial charge in [-0.15, -0.1) is 0 Å². The maximum atomic E-state index is 14.8. The van der Waals surface area contributed by atoms with Crippen LogP contribution in [-0.2, 0) is 11.0 Å². The molecule has 3 N–H and O–H groups in total. The highest BCUT2D eigenvalue weighted by Crippen LogP contribution is 2.45. The molecule has 0 bridgehead atoms. The summed E-state index contributed by atoms with van der Waals surface area (Å²) in [6, 6.07) is 11.3. The van der Waals surface area contributed by atoms with E-state index in [2.05, 4.69) is 10.3 Å². The molecule has 41 heavy (non-hydrogen) atoms. The van der Waals surface area contributed by atoms with Crippen molar-refractivity contribution in [1.29, 1.82) is 0 Å². The first kappa shape index (κ1) is 29.1. The first-order chi connectivity index (χ1) is 19.3. The fraction of sp³-hybridized carbons (Fsp3) is 0.400. The highest BCUT2D eigenvalue weighted by Gasteiger charge is 2.54. The normalized spacial score (nSPS) is 17.8. The van der Waals surface area contributed by atoms with Gasteiger partial charge in [-0.05, 0) is 93.1 Å². The summed E-state index contributed by atoms with van der Waals surface area (Å²) in [6.07, 6.45) is -0.807. The van der Waals surface area contributed by atoms with Crippen molar-refractivity contribution in [3.8, 4) is 22.8 Å². The van der Waals surface area contributed by atoms with Crippen LogP contribution in [0.25, 0.3) is 11.3 Å². The summed E-state index contributed by atoms with van der Waals surface area (Å²) in [4.78, 5) is 17.4. The number of rotatable bonds is 9. The number of amides is 1. The highest BCUT2D eigenvalue weighted by atomic mass is 35.5. The fourth-order valence-electron chi connectivity index (χ4n) is 4.72. The maximum Gasteiger partial charge on any atom is 0.401 e. The Hall–Kier alpha value is -3.37. The maximum absolute atomic E-state index is 14.8. The van der Waals surface area contributed by atoms with Crippen LogP contribution in [-0.4, -0.2) is 36.8 Å². The summed E-state index contributed by atoms with van der Waals surface area (Å²) in [7, 11) is 1.42. The zero-order chi connectivity index (χ0) is 29.6. The molecule has 2 aromatic carbocycles. The first-order valence-corrected chi connectivity index (χ1v) is 13.7. The third-order valence-corrected chi connectivity index (χ3v) is 8.19. The van der Waals surface area contributed by atoms with E-state index in [0.29, 0.717) is 35.5 Å². The number of halogens is 5. The minimum Gasteiger partial charge on any atom is -0.493 e. The van der Waals surface area contributed by atoms with Gasteiger partial charge in [0, 0.05) is 23.2 Å². The van der Waals surface area contributed by atoms with Gasteiger partial charge in [-0.3, -0.25) is 9.78 Å². The fourth-order valence-corrected chi connectivity index (χ4v) is 4.90. The van der Waals surface area contributed by atoms with Crippen molar-refractivity contribution in [2.24, 2.45) is 5.73 Å². The summed E-state index contributed by atoms with van der Waals surface area (Å²) < 4.78 is 69.3. The van der Waals surface area contributed by atoms with Gasteiger partial charge >= 0.3 is 6.18 Å². The summed E-state index contributed by atoms with van der Waals surface area (Å²) in [5.74, 6) is -0.595. The van der Waals surface area contributed by atoms with Gasteiger partial charge in [0.05, 0.1) is 29.6 Å². The molecule has 1 heterocycles. The van der Waals surface area contributed by atoms with Crippen LogP contribution in [0.1, 0.15) is 60.6 Å². The summed E-state index contributed by atoms with van der Waals surface area (Å²) >= 11 is 5.96. The molecule has 2 saturated carbocycles. The lowest BCUT2D eigenvalue weighted by Crippen LogP contribution is -2.50. The van der Waals surface area contributed by atoms with Crippen LogP contribution < -0.4 is 20.5 Å². The van der Waals surface area contributed by atoms with Crippen molar-refractivity contribution >= 4 is 17.5 Å². The van der Waals surface area contributed by atoms with E-state index in [1.165, 1.54) is 37.4 Å². The molecular weight excluding hydrogens is 562 g/mol. The zero-order valence-electron chi connectivity index (χ0n) is 22.6. The molecule has 0 radical (unpaired) electrons. The standard InChI is InChI=1S/C30H30ClF4N3O3/c1-28(30(33,34)35,16-37-27(39)18-5-9-24(25(13-18)40-2)41-20-6-7-20)26-15-19(29(36)10-3-11-29)14-23(38-26)17-4-8-22(32)21(31)12-17/h4-5,8-9,12-15,20H,3,6-7,10-11,16,36H2,1-2H3,(H,37,39). The Kier molecular flexibility index (Phi) is 7.67. The third-order valence-electron chi connectivity index (χ3n) is 7.90. The van der Waals surface area contributed by atoms with Crippen LogP contribution in [0.2, 0.25) is 5.02 Å². The average molecular weight is 592 g/mol. The average Bonchev–Trinajstić information content (AvgIpc) is 3.75. The number of benzene rings is 2. The van der Waals surface area contributed by atoms with Crippen molar-refractivity contribution in [2.45, 2.75) is 62.3 Å². The largest absolute Gasteiger partial charge is 0.493 e. The lowest BCUT2D eigenvalue weighted by Gasteiger charge is -2.40. The van der Waals surface area contributed by atoms with Crippen molar-refractivity contribution < 1.29 is 31.8 Å². The summed E-state index contributed by atoms with van der Waals surface area (Å²) in [5.41, 5.74) is 3.94. The molecule has 1 aromatic heterocycles. The van der Waals surface area contributed by atoms with Crippen LogP contribution in [0.5, 0.6) is 11.5 Å². The predicted octanol–water partition coefficient (Wildman–Crippen LogP) is 6.68. The van der Waals surface area contributed by atoms with Gasteiger partial charge in [0.25, 0.3) is 5.91 Å². The van der Waals surface area contributed by atoms with E-state index in [-0.39, 0.29) is 28.1 Å². The van der Waals surface area contributed by atoms with Gasteiger partial charge in [-0.1, -0.05) is 11.6 Å². The van der Waals surface area contributed by atoms with Crippen molar-refractivity contribution in [2.75, 3.05) is 13.7 Å².